The Bertz CT molecular complexity index is 1080. The van der Waals surface area contributed by atoms with Gasteiger partial charge in [0, 0.05) is 29.2 Å². The number of carbonyl (C=O) groups excluding carboxylic acids is 3. The lowest BCUT2D eigenvalue weighted by Gasteiger charge is -2.10. The Morgan fingerprint density at radius 2 is 1.70 bits per heavy atom. The minimum absolute atomic E-state index is 0.0941. The summed E-state index contributed by atoms with van der Waals surface area (Å²) in [5.41, 5.74) is 4.27. The van der Waals surface area contributed by atoms with Crippen LogP contribution in [0.25, 0.3) is 0 Å². The van der Waals surface area contributed by atoms with Gasteiger partial charge in [0.2, 0.25) is 0 Å². The number of aromatic nitrogens is 1. The van der Waals surface area contributed by atoms with Gasteiger partial charge in [0.15, 0.2) is 12.4 Å². The van der Waals surface area contributed by atoms with Crippen LogP contribution in [0, 0.1) is 13.8 Å². The van der Waals surface area contributed by atoms with Crippen molar-refractivity contribution in [3.8, 4) is 0 Å². The van der Waals surface area contributed by atoms with Crippen LogP contribution in [0.5, 0.6) is 0 Å². The Morgan fingerprint density at radius 1 is 0.967 bits per heavy atom. The second kappa shape index (κ2) is 9.22. The second-order valence-electron chi connectivity index (χ2n) is 7.12. The monoisotopic (exact) mass is 404 g/mol. The third-order valence-corrected chi connectivity index (χ3v) is 4.86. The third-order valence-electron chi connectivity index (χ3n) is 4.86. The summed E-state index contributed by atoms with van der Waals surface area (Å²) in [7, 11) is 0. The molecule has 0 bridgehead atoms. The van der Waals surface area contributed by atoms with Crippen LogP contribution in [0.4, 0.5) is 5.69 Å². The van der Waals surface area contributed by atoms with Crippen LogP contribution in [0.3, 0.4) is 0 Å². The summed E-state index contributed by atoms with van der Waals surface area (Å²) in [6, 6.07) is 18.3. The fourth-order valence-corrected chi connectivity index (χ4v) is 3.24. The molecule has 6 nitrogen and oxygen atoms in total. The van der Waals surface area contributed by atoms with E-state index in [2.05, 4.69) is 5.32 Å². The number of amides is 1. The lowest BCUT2D eigenvalue weighted by molar-refractivity contribution is -0.119. The molecule has 1 N–H and O–H groups in total. The lowest BCUT2D eigenvalue weighted by atomic mass is 10.1. The zero-order chi connectivity index (χ0) is 21.7. The van der Waals surface area contributed by atoms with Gasteiger partial charge in [-0.25, -0.2) is 4.79 Å². The molecule has 0 aliphatic heterocycles. The maximum Gasteiger partial charge on any atom is 0.340 e. The Balaban J connectivity index is 1.62. The van der Waals surface area contributed by atoms with Crippen molar-refractivity contribution in [3.63, 3.8) is 0 Å². The molecule has 3 rings (SSSR count). The van der Waals surface area contributed by atoms with E-state index in [1.807, 2.05) is 48.7 Å². The van der Waals surface area contributed by atoms with Gasteiger partial charge in [-0.1, -0.05) is 42.5 Å². The molecule has 2 aromatic carbocycles. The maximum atomic E-state index is 12.5. The summed E-state index contributed by atoms with van der Waals surface area (Å²) < 4.78 is 7.25. The molecule has 0 unspecified atom stereocenters. The first-order chi connectivity index (χ1) is 14.3. The molecule has 30 heavy (non-hydrogen) atoms. The quantitative estimate of drug-likeness (QED) is 0.474. The van der Waals surface area contributed by atoms with Gasteiger partial charge < -0.3 is 14.6 Å². The van der Waals surface area contributed by atoms with E-state index in [1.165, 1.54) is 6.92 Å². The van der Waals surface area contributed by atoms with Crippen molar-refractivity contribution in [3.05, 3.63) is 88.7 Å². The number of ether oxygens (including phenoxy) is 1. The minimum Gasteiger partial charge on any atom is -0.452 e. The summed E-state index contributed by atoms with van der Waals surface area (Å²) in [4.78, 5) is 36.1. The van der Waals surface area contributed by atoms with Gasteiger partial charge in [-0.05, 0) is 44.5 Å². The van der Waals surface area contributed by atoms with Crippen LogP contribution < -0.4 is 5.32 Å². The number of benzene rings is 2. The number of hydrogen-bond acceptors (Lipinski definition) is 4. The number of esters is 1. The van der Waals surface area contributed by atoms with Crippen molar-refractivity contribution in [2.45, 2.75) is 27.3 Å². The van der Waals surface area contributed by atoms with Crippen LogP contribution >= 0.6 is 0 Å². The van der Waals surface area contributed by atoms with Crippen LogP contribution in [-0.4, -0.2) is 28.8 Å². The highest BCUT2D eigenvalue weighted by molar-refractivity contribution is 5.98. The standard InChI is InChI=1S/C24H24N2O4/c1-16-12-22(17(2)26(16)14-19-8-5-4-6-9-19)24(29)30-15-23(28)25-21-11-7-10-20(13-21)18(3)27/h4-13H,14-15H2,1-3H3,(H,25,28). The molecule has 0 saturated heterocycles. The number of nitrogens with zero attached hydrogens (tertiary/aromatic N) is 1. The minimum atomic E-state index is -0.546. The Hall–Kier alpha value is -3.67. The number of Topliss-reactive ketones (excluding diaryl/α,β-unsaturated/α-hetero) is 1. The van der Waals surface area contributed by atoms with Crippen molar-refractivity contribution in [2.75, 3.05) is 11.9 Å². The van der Waals surface area contributed by atoms with E-state index in [9.17, 15) is 14.4 Å². The number of hydrogen-bond donors (Lipinski definition) is 1. The van der Waals surface area contributed by atoms with Crippen molar-refractivity contribution in [1.82, 2.24) is 4.57 Å². The van der Waals surface area contributed by atoms with Gasteiger partial charge in [0.05, 0.1) is 5.56 Å². The van der Waals surface area contributed by atoms with E-state index < -0.39 is 18.5 Å². The van der Waals surface area contributed by atoms with Gasteiger partial charge in [-0.2, -0.15) is 0 Å². The second-order valence-corrected chi connectivity index (χ2v) is 7.12. The van der Waals surface area contributed by atoms with E-state index in [1.54, 1.807) is 30.3 Å². The highest BCUT2D eigenvalue weighted by atomic mass is 16.5. The first kappa shape index (κ1) is 21.0. The molecular formula is C24H24N2O4. The van der Waals surface area contributed by atoms with E-state index in [0.717, 1.165) is 17.0 Å². The number of rotatable bonds is 7. The fraction of sp³-hybridized carbons (Fsp3) is 0.208. The van der Waals surface area contributed by atoms with Crippen molar-refractivity contribution in [2.24, 2.45) is 0 Å². The molecule has 0 aliphatic rings. The zero-order valence-corrected chi connectivity index (χ0v) is 17.3. The van der Waals surface area contributed by atoms with Crippen LogP contribution in [-0.2, 0) is 16.1 Å². The molecule has 0 fully saturated rings. The van der Waals surface area contributed by atoms with Crippen LogP contribution in [0.2, 0.25) is 0 Å². The first-order valence-electron chi connectivity index (χ1n) is 9.64. The predicted octanol–water partition coefficient (Wildman–Crippen LogP) is 4.15. The predicted molar refractivity (Wildman–Crippen MR) is 115 cm³/mol. The van der Waals surface area contributed by atoms with Gasteiger partial charge >= 0.3 is 5.97 Å². The lowest BCUT2D eigenvalue weighted by Crippen LogP contribution is -2.21. The molecule has 6 heteroatoms. The smallest absolute Gasteiger partial charge is 0.340 e. The number of ketones is 1. The van der Waals surface area contributed by atoms with Gasteiger partial charge in [-0.3, -0.25) is 9.59 Å². The molecule has 0 saturated carbocycles. The van der Waals surface area contributed by atoms with Gasteiger partial charge in [0.1, 0.15) is 0 Å². The van der Waals surface area contributed by atoms with Gasteiger partial charge in [0.25, 0.3) is 5.91 Å². The Labute approximate surface area is 175 Å². The van der Waals surface area contributed by atoms with E-state index in [-0.39, 0.29) is 5.78 Å². The SMILES string of the molecule is CC(=O)c1cccc(NC(=O)COC(=O)c2cc(C)n(Cc3ccccc3)c2C)c1. The molecule has 0 aliphatic carbocycles. The summed E-state index contributed by atoms with van der Waals surface area (Å²) in [6.45, 7) is 5.49. The third kappa shape index (κ3) is 5.03. The number of anilines is 1. The van der Waals surface area contributed by atoms with Gasteiger partial charge in [-0.15, -0.1) is 0 Å². The molecule has 154 valence electrons. The number of carbonyl (C=O) groups is 3. The van der Waals surface area contributed by atoms with Crippen molar-refractivity contribution in [1.29, 1.82) is 0 Å². The number of nitrogens with one attached hydrogen (secondary N) is 1. The topological polar surface area (TPSA) is 77.4 Å². The molecule has 1 amide bonds. The first-order valence-corrected chi connectivity index (χ1v) is 9.64. The van der Waals surface area contributed by atoms with Crippen molar-refractivity contribution >= 4 is 23.3 Å². The van der Waals surface area contributed by atoms with E-state index in [0.29, 0.717) is 23.4 Å². The van der Waals surface area contributed by atoms with Crippen LogP contribution in [0.15, 0.2) is 60.7 Å². The van der Waals surface area contributed by atoms with E-state index in [4.69, 9.17) is 4.74 Å². The molecule has 0 atom stereocenters. The highest BCUT2D eigenvalue weighted by Crippen LogP contribution is 2.18. The summed E-state index contributed by atoms with van der Waals surface area (Å²) in [6.07, 6.45) is 0. The Kier molecular flexibility index (Phi) is 6.47. The maximum absolute atomic E-state index is 12.5. The molecule has 0 radical (unpaired) electrons. The van der Waals surface area contributed by atoms with E-state index >= 15 is 0 Å². The average molecular weight is 404 g/mol. The normalized spacial score (nSPS) is 10.5. The fourth-order valence-electron chi connectivity index (χ4n) is 3.24. The summed E-state index contributed by atoms with van der Waals surface area (Å²) in [5.74, 6) is -1.11. The molecular weight excluding hydrogens is 380 g/mol. The van der Waals surface area contributed by atoms with Crippen molar-refractivity contribution < 1.29 is 19.1 Å². The number of aryl methyl sites for hydroxylation is 1. The Morgan fingerprint density at radius 3 is 2.40 bits per heavy atom. The zero-order valence-electron chi connectivity index (χ0n) is 17.3. The average Bonchev–Trinajstić information content (AvgIpc) is 3.01. The van der Waals surface area contributed by atoms with Crippen LogP contribution in [0.1, 0.15) is 44.6 Å². The highest BCUT2D eigenvalue weighted by Gasteiger charge is 2.18. The molecule has 3 aromatic rings. The molecule has 1 heterocycles. The molecule has 0 spiro atoms. The largest absolute Gasteiger partial charge is 0.452 e. The molecule has 1 aromatic heterocycles. The summed E-state index contributed by atoms with van der Waals surface area (Å²) in [5, 5.41) is 2.63. The summed E-state index contributed by atoms with van der Waals surface area (Å²) >= 11 is 0.